The lowest BCUT2D eigenvalue weighted by molar-refractivity contribution is 1.18. The van der Waals surface area contributed by atoms with Crippen LogP contribution in [0.1, 0.15) is 0 Å². The number of hydrogen-bond donors (Lipinski definition) is 0. The van der Waals surface area contributed by atoms with Gasteiger partial charge in [-0.3, -0.25) is 0 Å². The van der Waals surface area contributed by atoms with Gasteiger partial charge in [0.1, 0.15) is 0 Å². The van der Waals surface area contributed by atoms with Crippen LogP contribution >= 0.6 is 0 Å². The van der Waals surface area contributed by atoms with Crippen molar-refractivity contribution in [1.82, 2.24) is 9.13 Å². The molecule has 0 saturated carbocycles. The van der Waals surface area contributed by atoms with E-state index in [2.05, 4.69) is 322 Å². The maximum absolute atomic E-state index is 2.41. The lowest BCUT2D eigenvalue weighted by Gasteiger charge is -2.27. The Morgan fingerprint density at radius 3 is 0.895 bits per heavy atom. The van der Waals surface area contributed by atoms with Crippen LogP contribution < -0.4 is 9.80 Å². The molecule has 0 N–H and O–H groups in total. The molecule has 0 aliphatic heterocycles. The summed E-state index contributed by atoms with van der Waals surface area (Å²) in [6.45, 7) is 0. The van der Waals surface area contributed by atoms with Crippen LogP contribution in [-0.4, -0.2) is 9.13 Å². The molecule has 4 heteroatoms. The highest BCUT2D eigenvalue weighted by Crippen LogP contribution is 2.44. The normalized spacial score (nSPS) is 11.4. The van der Waals surface area contributed by atoms with E-state index in [1.165, 1.54) is 54.8 Å². The van der Waals surface area contributed by atoms with Crippen molar-refractivity contribution in [2.24, 2.45) is 0 Å². The minimum Gasteiger partial charge on any atom is -0.310 e. The van der Waals surface area contributed by atoms with Gasteiger partial charge in [0.25, 0.3) is 0 Å². The Hall–Kier alpha value is -10.2. The van der Waals surface area contributed by atoms with Crippen LogP contribution in [0, 0.1) is 0 Å². The SMILES string of the molecule is c1ccc(-c2ccc(-n3c4ccccc4c4ccc(N(c5ccccc5)c5cccc(-c6cccc(N(c7ccccc7)c7ccc8c9ccccc9n(-c9ccc(-c%10ccccc%10)cc9)c8c7)c6)c5)cc43)cc2)cc1. The first-order valence-corrected chi connectivity index (χ1v) is 26.0. The van der Waals surface area contributed by atoms with E-state index in [4.69, 9.17) is 0 Å². The lowest BCUT2D eigenvalue weighted by atomic mass is 10.0. The van der Waals surface area contributed by atoms with Gasteiger partial charge in [-0.15, -0.1) is 0 Å². The van der Waals surface area contributed by atoms with Crippen LogP contribution in [0.5, 0.6) is 0 Å². The molecule has 14 rings (SSSR count). The van der Waals surface area contributed by atoms with Gasteiger partial charge in [-0.25, -0.2) is 0 Å². The zero-order valence-corrected chi connectivity index (χ0v) is 41.7. The zero-order valence-electron chi connectivity index (χ0n) is 41.7. The summed E-state index contributed by atoms with van der Waals surface area (Å²) in [5, 5.41) is 4.88. The third-order valence-electron chi connectivity index (χ3n) is 14.9. The fraction of sp³-hybridized carbons (Fsp3) is 0. The highest BCUT2D eigenvalue weighted by Gasteiger charge is 2.21. The molecule has 0 aliphatic carbocycles. The second-order valence-electron chi connectivity index (χ2n) is 19.4. The minimum atomic E-state index is 1.07. The highest BCUT2D eigenvalue weighted by atomic mass is 15.2. The predicted molar refractivity (Wildman–Crippen MR) is 321 cm³/mol. The van der Waals surface area contributed by atoms with E-state index < -0.39 is 0 Å². The van der Waals surface area contributed by atoms with Crippen molar-refractivity contribution in [1.29, 1.82) is 0 Å². The first-order valence-electron chi connectivity index (χ1n) is 26.0. The number of rotatable bonds is 11. The van der Waals surface area contributed by atoms with E-state index >= 15 is 0 Å². The average molecular weight is 971 g/mol. The van der Waals surface area contributed by atoms with Crippen molar-refractivity contribution in [3.8, 4) is 44.8 Å². The topological polar surface area (TPSA) is 16.3 Å². The zero-order chi connectivity index (χ0) is 50.4. The summed E-state index contributed by atoms with van der Waals surface area (Å²) in [5.41, 5.74) is 20.4. The number of fused-ring (bicyclic) bond motifs is 6. The molecule has 2 aromatic heterocycles. The summed E-state index contributed by atoms with van der Waals surface area (Å²) in [5.74, 6) is 0. The molecule has 0 radical (unpaired) electrons. The molecule has 0 bridgehead atoms. The third kappa shape index (κ3) is 7.97. The Bertz CT molecular complexity index is 4080. The molecule has 358 valence electrons. The number of para-hydroxylation sites is 4. The number of benzene rings is 12. The number of hydrogen-bond acceptors (Lipinski definition) is 2. The van der Waals surface area contributed by atoms with Crippen molar-refractivity contribution in [2.45, 2.75) is 0 Å². The molecule has 4 nitrogen and oxygen atoms in total. The van der Waals surface area contributed by atoms with Crippen LogP contribution in [0.2, 0.25) is 0 Å². The van der Waals surface area contributed by atoms with Gasteiger partial charge in [0.15, 0.2) is 0 Å². The van der Waals surface area contributed by atoms with E-state index in [0.717, 1.165) is 67.7 Å². The molecule has 12 aromatic carbocycles. The molecular weight excluding hydrogens is 921 g/mol. The van der Waals surface area contributed by atoms with Gasteiger partial charge < -0.3 is 18.9 Å². The minimum absolute atomic E-state index is 1.07. The van der Waals surface area contributed by atoms with Gasteiger partial charge >= 0.3 is 0 Å². The molecular formula is C72H50N4. The van der Waals surface area contributed by atoms with E-state index in [9.17, 15) is 0 Å². The smallest absolute Gasteiger partial charge is 0.0561 e. The quantitative estimate of drug-likeness (QED) is 0.128. The van der Waals surface area contributed by atoms with Crippen molar-refractivity contribution in [2.75, 3.05) is 9.80 Å². The Kier molecular flexibility index (Phi) is 11.2. The number of nitrogens with zero attached hydrogens (tertiary/aromatic N) is 4. The van der Waals surface area contributed by atoms with Gasteiger partial charge in [0.2, 0.25) is 0 Å². The molecule has 2 heterocycles. The van der Waals surface area contributed by atoms with Crippen LogP contribution in [0.25, 0.3) is 88.4 Å². The van der Waals surface area contributed by atoms with Crippen molar-refractivity contribution in [3.63, 3.8) is 0 Å². The summed E-state index contributed by atoms with van der Waals surface area (Å²) in [7, 11) is 0. The molecule has 0 fully saturated rings. The summed E-state index contributed by atoms with van der Waals surface area (Å²) in [6.07, 6.45) is 0. The van der Waals surface area contributed by atoms with Gasteiger partial charge in [-0.05, 0) is 143 Å². The van der Waals surface area contributed by atoms with Crippen LogP contribution in [0.3, 0.4) is 0 Å². The summed E-state index contributed by atoms with van der Waals surface area (Å²) in [4.78, 5) is 4.76. The van der Waals surface area contributed by atoms with Crippen LogP contribution in [-0.2, 0) is 0 Å². The second kappa shape index (κ2) is 19.0. The number of aromatic nitrogens is 2. The van der Waals surface area contributed by atoms with Crippen LogP contribution in [0.4, 0.5) is 34.1 Å². The third-order valence-corrected chi connectivity index (χ3v) is 14.9. The van der Waals surface area contributed by atoms with Crippen LogP contribution in [0.15, 0.2) is 303 Å². The molecule has 14 aromatic rings. The maximum Gasteiger partial charge on any atom is 0.0561 e. The Morgan fingerprint density at radius 2 is 0.487 bits per heavy atom. The van der Waals surface area contributed by atoms with Crippen molar-refractivity contribution < 1.29 is 0 Å². The Morgan fingerprint density at radius 1 is 0.184 bits per heavy atom. The van der Waals surface area contributed by atoms with Gasteiger partial charge in [0.05, 0.1) is 22.1 Å². The second-order valence-corrected chi connectivity index (χ2v) is 19.4. The summed E-state index contributed by atoms with van der Waals surface area (Å²) < 4.78 is 4.82. The van der Waals surface area contributed by atoms with E-state index in [0.29, 0.717) is 0 Å². The predicted octanol–water partition coefficient (Wildman–Crippen LogP) is 19.8. The molecule has 0 amide bonds. The molecule has 0 spiro atoms. The monoisotopic (exact) mass is 970 g/mol. The summed E-state index contributed by atoms with van der Waals surface area (Å²) >= 11 is 0. The molecule has 76 heavy (non-hydrogen) atoms. The first-order chi connectivity index (χ1) is 37.7. The molecule has 0 aliphatic rings. The maximum atomic E-state index is 2.41. The fourth-order valence-electron chi connectivity index (χ4n) is 11.3. The number of anilines is 6. The molecule has 0 saturated heterocycles. The Balaban J connectivity index is 0.865. The van der Waals surface area contributed by atoms with E-state index in [1.807, 2.05) is 0 Å². The molecule has 0 unspecified atom stereocenters. The fourth-order valence-corrected chi connectivity index (χ4v) is 11.3. The first kappa shape index (κ1) is 44.5. The van der Waals surface area contributed by atoms with E-state index in [-0.39, 0.29) is 0 Å². The van der Waals surface area contributed by atoms with Gasteiger partial charge in [0, 0.05) is 67.0 Å². The van der Waals surface area contributed by atoms with Gasteiger partial charge in [-0.1, -0.05) is 194 Å². The molecule has 0 atom stereocenters. The Labute approximate surface area is 442 Å². The van der Waals surface area contributed by atoms with Crippen molar-refractivity contribution >= 4 is 77.7 Å². The average Bonchev–Trinajstić information content (AvgIpc) is 4.08. The van der Waals surface area contributed by atoms with E-state index in [1.54, 1.807) is 0 Å². The lowest BCUT2D eigenvalue weighted by Crippen LogP contribution is -2.10. The van der Waals surface area contributed by atoms with Gasteiger partial charge in [-0.2, -0.15) is 0 Å². The highest BCUT2D eigenvalue weighted by molar-refractivity contribution is 6.12. The standard InChI is InChI=1S/C72H50N4/c1-5-19-51(20-6-1)53-35-39-59(40-36-53)75-69-33-15-13-31-65(69)67-45-43-63(49-71(67)75)73(57-25-9-3-10-26-57)61-29-17-23-55(47-61)56-24-18-30-62(48-56)74(58-27-11-4-12-28-58)64-44-46-68-66-32-14-16-34-70(66)76(72(68)50-64)60-41-37-54(38-42-60)52-21-7-2-8-22-52/h1-50H. The summed E-state index contributed by atoms with van der Waals surface area (Å²) in [6, 6.07) is 110. The largest absolute Gasteiger partial charge is 0.310 e. The van der Waals surface area contributed by atoms with Crippen molar-refractivity contribution in [3.05, 3.63) is 303 Å².